The largest absolute Gasteiger partial charge is 0.432 e. The highest BCUT2D eigenvalue weighted by molar-refractivity contribution is 5.80. The number of ether oxygens (including phenoxy) is 10. The van der Waals surface area contributed by atoms with Crippen molar-refractivity contribution in [3.63, 3.8) is 0 Å². The van der Waals surface area contributed by atoms with Gasteiger partial charge in [0.25, 0.3) is 0 Å². The van der Waals surface area contributed by atoms with Crippen LogP contribution in [0.2, 0.25) is 0 Å². The second-order valence-corrected chi connectivity index (χ2v) is 28.4. The minimum absolute atomic E-state index is 0.0738. The summed E-state index contributed by atoms with van der Waals surface area (Å²) >= 11 is 0. The molecule has 28 nitrogen and oxygen atoms in total. The Morgan fingerprint density at radius 3 is 1.80 bits per heavy atom. The molecule has 498 valence electrons. The minimum atomic E-state index is -2.14. The van der Waals surface area contributed by atoms with Crippen LogP contribution in [-0.4, -0.2) is 280 Å². The predicted octanol–water partition coefficient (Wildman–Crippen LogP) is -4.39. The van der Waals surface area contributed by atoms with Crippen molar-refractivity contribution in [1.29, 1.82) is 0 Å². The second kappa shape index (κ2) is 25.0. The number of allylic oxidation sites excluding steroid dienone is 2. The first-order valence-corrected chi connectivity index (χ1v) is 30.7. The van der Waals surface area contributed by atoms with E-state index in [1.165, 1.54) is 6.92 Å². The summed E-state index contributed by atoms with van der Waals surface area (Å²) in [4.78, 5) is 29.3. The molecule has 87 heavy (non-hydrogen) atoms. The van der Waals surface area contributed by atoms with Crippen LogP contribution in [0.1, 0.15) is 106 Å². The molecular formula is C59H94O28. The van der Waals surface area contributed by atoms with Crippen molar-refractivity contribution < 1.29 is 139 Å². The maximum Gasteiger partial charge on any atom is 0.317 e. The molecule has 10 aliphatic rings. The number of hydrogen-bond donors (Lipinski definition) is 16. The molecule has 5 aliphatic heterocycles. The third-order valence-electron chi connectivity index (χ3n) is 23.1. The van der Waals surface area contributed by atoms with Gasteiger partial charge < -0.3 is 134 Å². The zero-order valence-electron chi connectivity index (χ0n) is 50.1. The van der Waals surface area contributed by atoms with Crippen LogP contribution in [0.5, 0.6) is 0 Å². The van der Waals surface area contributed by atoms with Crippen LogP contribution in [0.25, 0.3) is 0 Å². The van der Waals surface area contributed by atoms with Crippen molar-refractivity contribution in [2.24, 2.45) is 50.2 Å². The highest BCUT2D eigenvalue weighted by atomic mass is 16.8. The number of carbonyl (C=O) groups is 2. The number of rotatable bonds is 14. The fraction of sp³-hybridized carbons (Fsp3) is 0.932. The predicted molar refractivity (Wildman–Crippen MR) is 290 cm³/mol. The van der Waals surface area contributed by atoms with Gasteiger partial charge in [0, 0.05) is 0 Å². The van der Waals surface area contributed by atoms with Crippen molar-refractivity contribution in [2.75, 3.05) is 26.4 Å². The first kappa shape index (κ1) is 67.8. The van der Waals surface area contributed by atoms with Gasteiger partial charge in [-0.2, -0.15) is 0 Å². The summed E-state index contributed by atoms with van der Waals surface area (Å²) in [5.74, 6) is -1.94. The van der Waals surface area contributed by atoms with Crippen LogP contribution in [0, 0.1) is 50.2 Å². The fourth-order valence-electron chi connectivity index (χ4n) is 17.5. The molecule has 9 fully saturated rings. The summed E-state index contributed by atoms with van der Waals surface area (Å²) in [6, 6.07) is 0. The molecule has 34 unspecified atom stereocenters. The van der Waals surface area contributed by atoms with E-state index in [0.717, 1.165) is 11.9 Å². The SMILES string of the molecule is CC1OC(OC2C(OC3C(O)C(COC4OC(CO)C(O)C(O)C4O)OC(OC(=O)C45CCC(C)(C)CC4C4=CCC6C7(C)CCC(OC8OC(CO)C(O)C(O)C8O)C(C)(C=O)C7CCC6(C)C4(C)CC5O)C3O)OCC(O)C2O)C(O)C(O)C1O. The topological polar surface area (TPSA) is 450 Å². The van der Waals surface area contributed by atoms with E-state index in [2.05, 4.69) is 40.7 Å². The quantitative estimate of drug-likeness (QED) is 0.0338. The van der Waals surface area contributed by atoms with E-state index in [-0.39, 0.29) is 30.1 Å². The van der Waals surface area contributed by atoms with Crippen LogP contribution in [0.15, 0.2) is 11.6 Å². The van der Waals surface area contributed by atoms with Crippen LogP contribution >= 0.6 is 0 Å². The highest BCUT2D eigenvalue weighted by Gasteiger charge is 2.73. The van der Waals surface area contributed by atoms with Gasteiger partial charge in [-0.15, -0.1) is 0 Å². The molecule has 0 spiro atoms. The standard InChI is InChI=1S/C59H94O28/c1-23-34(65)39(70)43(74)49(80-23)86-47-35(66)26(63)20-78-52(47)85-46-38(69)29(21-79-48-42(73)40(71)36(67)27(18-60)81-48)83-51(45(46)76)87-53(77)59-15-14-54(2,3)16-25(59)24-8-9-31-55(4)12-11-33(84-50-44(75)41(72)37(68)28(19-61)82-50)56(5,22-62)30(55)10-13-57(31,6)58(24,7)17-32(59)64/h8,22-23,25-52,60-61,63-76H,9-21H2,1-7H3. The van der Waals surface area contributed by atoms with Gasteiger partial charge in [0.2, 0.25) is 6.29 Å². The van der Waals surface area contributed by atoms with Gasteiger partial charge >= 0.3 is 5.97 Å². The van der Waals surface area contributed by atoms with E-state index in [0.29, 0.717) is 44.9 Å². The Hall–Kier alpha value is -2.12. The van der Waals surface area contributed by atoms with Crippen LogP contribution in [0.4, 0.5) is 0 Å². The van der Waals surface area contributed by atoms with E-state index < -0.39 is 225 Å². The van der Waals surface area contributed by atoms with Gasteiger partial charge in [-0.3, -0.25) is 4.79 Å². The molecule has 16 N–H and O–H groups in total. The van der Waals surface area contributed by atoms with Crippen LogP contribution in [-0.2, 0) is 57.0 Å². The third kappa shape index (κ3) is 11.2. The Morgan fingerprint density at radius 1 is 0.586 bits per heavy atom. The summed E-state index contributed by atoms with van der Waals surface area (Å²) in [5.41, 5.74) is -4.01. The molecular weight excluding hydrogens is 1160 g/mol. The maximum absolute atomic E-state index is 15.7. The number of aldehydes is 1. The molecule has 34 atom stereocenters. The molecule has 28 heteroatoms. The summed E-state index contributed by atoms with van der Waals surface area (Å²) in [5, 5.41) is 175. The lowest BCUT2D eigenvalue weighted by atomic mass is 9.33. The molecule has 5 heterocycles. The van der Waals surface area contributed by atoms with E-state index in [1.54, 1.807) is 0 Å². The first-order valence-electron chi connectivity index (χ1n) is 30.7. The molecule has 0 amide bonds. The Labute approximate surface area is 503 Å². The smallest absolute Gasteiger partial charge is 0.317 e. The van der Waals surface area contributed by atoms with Gasteiger partial charge in [0.05, 0.1) is 50.2 Å². The third-order valence-corrected chi connectivity index (χ3v) is 23.1. The number of fused-ring (bicyclic) bond motifs is 7. The normalized spacial score (nSPS) is 55.1. The van der Waals surface area contributed by atoms with Gasteiger partial charge in [-0.1, -0.05) is 53.2 Å². The molecule has 10 rings (SSSR count). The Bertz CT molecular complexity index is 2450. The lowest BCUT2D eigenvalue weighted by molar-refractivity contribution is -0.378. The van der Waals surface area contributed by atoms with Crippen molar-refractivity contribution in [3.8, 4) is 0 Å². The van der Waals surface area contributed by atoms with Gasteiger partial charge in [-0.25, -0.2) is 0 Å². The van der Waals surface area contributed by atoms with Gasteiger partial charge in [0.15, 0.2) is 25.2 Å². The summed E-state index contributed by atoms with van der Waals surface area (Å²) in [6.45, 7) is 11.1. The molecule has 5 aliphatic carbocycles. The molecule has 5 saturated heterocycles. The van der Waals surface area contributed by atoms with Gasteiger partial charge in [-0.05, 0) is 104 Å². The van der Waals surface area contributed by atoms with Crippen LogP contribution < -0.4 is 0 Å². The van der Waals surface area contributed by atoms with E-state index in [4.69, 9.17) is 47.4 Å². The first-order chi connectivity index (χ1) is 40.8. The number of hydrogen-bond acceptors (Lipinski definition) is 28. The summed E-state index contributed by atoms with van der Waals surface area (Å²) < 4.78 is 59.4. The van der Waals surface area contributed by atoms with E-state index in [9.17, 15) is 86.5 Å². The van der Waals surface area contributed by atoms with E-state index in [1.807, 2.05) is 6.92 Å². The molecule has 0 aromatic carbocycles. The molecule has 0 aromatic rings. The van der Waals surface area contributed by atoms with Crippen molar-refractivity contribution in [2.45, 2.75) is 266 Å². The second-order valence-electron chi connectivity index (χ2n) is 28.4. The average molecular weight is 1250 g/mol. The zero-order chi connectivity index (χ0) is 63.6. The summed E-state index contributed by atoms with van der Waals surface area (Å²) in [7, 11) is 0. The summed E-state index contributed by atoms with van der Waals surface area (Å²) in [6.07, 6.45) is -36.9. The Balaban J connectivity index is 0.938. The lowest BCUT2D eigenvalue weighted by Crippen LogP contribution is -2.69. The van der Waals surface area contributed by atoms with E-state index >= 15 is 4.79 Å². The zero-order valence-corrected chi connectivity index (χ0v) is 50.1. The number of esters is 1. The highest BCUT2D eigenvalue weighted by Crippen LogP contribution is 2.76. The minimum Gasteiger partial charge on any atom is -0.432 e. The Kier molecular flexibility index (Phi) is 19.5. The maximum atomic E-state index is 15.7. The van der Waals surface area contributed by atoms with Gasteiger partial charge in [0.1, 0.15) is 122 Å². The molecule has 4 saturated carbocycles. The number of aliphatic hydroxyl groups excluding tert-OH is 16. The molecule has 0 bridgehead atoms. The van der Waals surface area contributed by atoms with Crippen molar-refractivity contribution in [3.05, 3.63) is 11.6 Å². The average Bonchev–Trinajstić information content (AvgIpc) is 0.676. The fourth-order valence-corrected chi connectivity index (χ4v) is 17.5. The van der Waals surface area contributed by atoms with Crippen molar-refractivity contribution in [1.82, 2.24) is 0 Å². The van der Waals surface area contributed by atoms with Crippen molar-refractivity contribution >= 4 is 12.3 Å². The van der Waals surface area contributed by atoms with Crippen LogP contribution in [0.3, 0.4) is 0 Å². The molecule has 0 aromatic heterocycles. The lowest BCUT2D eigenvalue weighted by Gasteiger charge is -2.71. The number of aliphatic hydroxyl groups is 16. The molecule has 0 radical (unpaired) electrons. The Morgan fingerprint density at radius 2 is 1.17 bits per heavy atom. The number of carbonyl (C=O) groups excluding carboxylic acids is 2. The monoisotopic (exact) mass is 1250 g/mol.